The highest BCUT2D eigenvalue weighted by molar-refractivity contribution is 6.34. The van der Waals surface area contributed by atoms with Gasteiger partial charge in [0.1, 0.15) is 10.8 Å². The molecular formula is C10H7Cl3N4O. The number of ether oxygens (including phenoxy) is 1. The summed E-state index contributed by atoms with van der Waals surface area (Å²) in [7, 11) is 0. The van der Waals surface area contributed by atoms with Gasteiger partial charge in [-0.05, 0) is 18.2 Å². The molecule has 0 fully saturated rings. The molecule has 0 unspecified atom stereocenters. The minimum atomic E-state index is 0.151. The number of nitrogen functional groups attached to an aromatic ring is 1. The number of aromatic nitrogens is 2. The minimum absolute atomic E-state index is 0.151. The van der Waals surface area contributed by atoms with E-state index in [1.54, 1.807) is 18.2 Å². The Kier molecular flexibility index (Phi) is 4.08. The maximum Gasteiger partial charge on any atom is 0.243 e. The van der Waals surface area contributed by atoms with Crippen LogP contribution in [0.3, 0.4) is 0 Å². The van der Waals surface area contributed by atoms with Crippen molar-refractivity contribution >= 4 is 40.8 Å². The lowest BCUT2D eigenvalue weighted by Crippen LogP contribution is -2.10. The van der Waals surface area contributed by atoms with E-state index in [1.165, 1.54) is 6.20 Å². The number of halogens is 3. The molecule has 2 aromatic rings. The monoisotopic (exact) mass is 304 g/mol. The summed E-state index contributed by atoms with van der Waals surface area (Å²) in [5.74, 6) is 5.94. The highest BCUT2D eigenvalue weighted by Gasteiger charge is 2.08. The Bertz CT molecular complexity index is 559. The van der Waals surface area contributed by atoms with E-state index in [2.05, 4.69) is 15.4 Å². The molecule has 8 heteroatoms. The molecule has 0 saturated carbocycles. The molecule has 2 rings (SSSR count). The summed E-state index contributed by atoms with van der Waals surface area (Å²) in [6.45, 7) is 0. The summed E-state index contributed by atoms with van der Waals surface area (Å²) < 4.78 is 5.47. The van der Waals surface area contributed by atoms with Gasteiger partial charge in [-0.15, -0.1) is 0 Å². The van der Waals surface area contributed by atoms with Crippen LogP contribution in [-0.2, 0) is 0 Å². The van der Waals surface area contributed by atoms with Crippen LogP contribution in [0, 0.1) is 0 Å². The Hall–Kier alpha value is -1.27. The smallest absolute Gasteiger partial charge is 0.243 e. The van der Waals surface area contributed by atoms with Gasteiger partial charge in [-0.2, -0.15) is 4.98 Å². The molecule has 0 aliphatic heterocycles. The van der Waals surface area contributed by atoms with Gasteiger partial charge in [0.25, 0.3) is 0 Å². The minimum Gasteiger partial charge on any atom is -0.437 e. The van der Waals surface area contributed by atoms with Crippen molar-refractivity contribution in [2.45, 2.75) is 0 Å². The predicted octanol–water partition coefficient (Wildman–Crippen LogP) is 3.51. The summed E-state index contributed by atoms with van der Waals surface area (Å²) in [5.41, 5.74) is 2.29. The second kappa shape index (κ2) is 5.58. The number of anilines is 1. The Balaban J connectivity index is 2.33. The topological polar surface area (TPSA) is 73.1 Å². The fraction of sp³-hybridized carbons (Fsp3) is 0. The van der Waals surface area contributed by atoms with Gasteiger partial charge in [-0.3, -0.25) is 5.43 Å². The van der Waals surface area contributed by atoms with Crippen molar-refractivity contribution in [2.75, 3.05) is 5.43 Å². The SMILES string of the molecule is NNc1ncc(Cl)c(Oc2cc(Cl)cc(Cl)c2)n1. The Labute approximate surface area is 118 Å². The molecule has 0 bridgehead atoms. The zero-order valence-electron chi connectivity index (χ0n) is 8.82. The first-order valence-corrected chi connectivity index (χ1v) is 5.85. The van der Waals surface area contributed by atoms with E-state index >= 15 is 0 Å². The van der Waals surface area contributed by atoms with Gasteiger partial charge < -0.3 is 4.74 Å². The molecule has 0 saturated heterocycles. The van der Waals surface area contributed by atoms with Crippen LogP contribution >= 0.6 is 34.8 Å². The lowest BCUT2D eigenvalue weighted by atomic mass is 10.3. The predicted molar refractivity (Wildman–Crippen MR) is 71.4 cm³/mol. The first kappa shape index (κ1) is 13.2. The van der Waals surface area contributed by atoms with E-state index < -0.39 is 0 Å². The third-order valence-corrected chi connectivity index (χ3v) is 2.59. The molecule has 0 spiro atoms. The van der Waals surface area contributed by atoms with Crippen LogP contribution in [0.5, 0.6) is 11.6 Å². The molecule has 5 nitrogen and oxygen atoms in total. The molecule has 0 amide bonds. The van der Waals surface area contributed by atoms with Crippen LogP contribution in [0.25, 0.3) is 0 Å². The molecule has 0 radical (unpaired) electrons. The van der Waals surface area contributed by atoms with Crippen molar-refractivity contribution in [1.29, 1.82) is 0 Å². The van der Waals surface area contributed by atoms with E-state index in [9.17, 15) is 0 Å². The fourth-order valence-corrected chi connectivity index (χ4v) is 1.83. The molecule has 0 aliphatic rings. The lowest BCUT2D eigenvalue weighted by Gasteiger charge is -2.08. The van der Waals surface area contributed by atoms with E-state index in [4.69, 9.17) is 45.4 Å². The Morgan fingerprint density at radius 1 is 1.11 bits per heavy atom. The molecule has 0 atom stereocenters. The third kappa shape index (κ3) is 3.14. The average molecular weight is 306 g/mol. The normalized spacial score (nSPS) is 10.2. The van der Waals surface area contributed by atoms with Crippen LogP contribution in [0.15, 0.2) is 24.4 Å². The molecule has 3 N–H and O–H groups in total. The van der Waals surface area contributed by atoms with Gasteiger partial charge in [-0.25, -0.2) is 10.8 Å². The molecule has 1 heterocycles. The van der Waals surface area contributed by atoms with Crippen molar-refractivity contribution in [2.24, 2.45) is 5.84 Å². The van der Waals surface area contributed by atoms with Crippen LogP contribution in [0.4, 0.5) is 5.95 Å². The van der Waals surface area contributed by atoms with Gasteiger partial charge in [-0.1, -0.05) is 34.8 Å². The number of nitrogens with one attached hydrogen (secondary N) is 1. The standard InChI is InChI=1S/C10H7Cl3N4O/c11-5-1-6(12)3-7(2-5)18-9-8(13)4-15-10(16-9)17-14/h1-4H,14H2,(H,15,16,17). The summed E-state index contributed by atoms with van der Waals surface area (Å²) in [5, 5.41) is 1.13. The van der Waals surface area contributed by atoms with Crippen molar-refractivity contribution < 1.29 is 4.74 Å². The number of hydrazine groups is 1. The van der Waals surface area contributed by atoms with Crippen molar-refractivity contribution in [3.63, 3.8) is 0 Å². The summed E-state index contributed by atoms with van der Waals surface area (Å²) in [6.07, 6.45) is 1.37. The third-order valence-electron chi connectivity index (χ3n) is 1.89. The Morgan fingerprint density at radius 3 is 2.39 bits per heavy atom. The molecular weight excluding hydrogens is 298 g/mol. The van der Waals surface area contributed by atoms with E-state index in [-0.39, 0.29) is 16.9 Å². The number of hydrogen-bond acceptors (Lipinski definition) is 5. The number of nitrogens with two attached hydrogens (primary N) is 1. The first-order valence-electron chi connectivity index (χ1n) is 4.71. The average Bonchev–Trinajstić information content (AvgIpc) is 2.30. The molecule has 1 aromatic carbocycles. The Morgan fingerprint density at radius 2 is 1.78 bits per heavy atom. The van der Waals surface area contributed by atoms with Crippen LogP contribution in [0.2, 0.25) is 15.1 Å². The van der Waals surface area contributed by atoms with Crippen LogP contribution in [-0.4, -0.2) is 9.97 Å². The fourth-order valence-electron chi connectivity index (χ4n) is 1.19. The summed E-state index contributed by atoms with van der Waals surface area (Å²) in [4.78, 5) is 7.78. The zero-order chi connectivity index (χ0) is 13.1. The molecule has 18 heavy (non-hydrogen) atoms. The van der Waals surface area contributed by atoms with Gasteiger partial charge in [0, 0.05) is 10.0 Å². The lowest BCUT2D eigenvalue weighted by molar-refractivity contribution is 0.462. The van der Waals surface area contributed by atoms with E-state index in [0.29, 0.717) is 15.8 Å². The zero-order valence-corrected chi connectivity index (χ0v) is 11.1. The largest absolute Gasteiger partial charge is 0.437 e. The van der Waals surface area contributed by atoms with Crippen LogP contribution < -0.4 is 16.0 Å². The van der Waals surface area contributed by atoms with Crippen molar-refractivity contribution in [1.82, 2.24) is 9.97 Å². The van der Waals surface area contributed by atoms with Gasteiger partial charge in [0.05, 0.1) is 6.20 Å². The number of hydrogen-bond donors (Lipinski definition) is 2. The second-order valence-electron chi connectivity index (χ2n) is 3.20. The highest BCUT2D eigenvalue weighted by Crippen LogP contribution is 2.31. The van der Waals surface area contributed by atoms with Crippen molar-refractivity contribution in [3.8, 4) is 11.6 Å². The summed E-state index contributed by atoms with van der Waals surface area (Å²) in [6, 6.07) is 4.76. The second-order valence-corrected chi connectivity index (χ2v) is 4.48. The maximum absolute atomic E-state index is 5.90. The molecule has 94 valence electrons. The molecule has 1 aromatic heterocycles. The summed E-state index contributed by atoms with van der Waals surface area (Å²) >= 11 is 17.6. The van der Waals surface area contributed by atoms with Gasteiger partial charge >= 0.3 is 0 Å². The van der Waals surface area contributed by atoms with Gasteiger partial charge in [0.15, 0.2) is 0 Å². The number of rotatable bonds is 3. The molecule has 0 aliphatic carbocycles. The van der Waals surface area contributed by atoms with Crippen LogP contribution in [0.1, 0.15) is 0 Å². The number of benzene rings is 1. The maximum atomic E-state index is 5.90. The van der Waals surface area contributed by atoms with Gasteiger partial charge in [0.2, 0.25) is 11.8 Å². The number of nitrogens with zero attached hydrogens (tertiary/aromatic N) is 2. The van der Waals surface area contributed by atoms with E-state index in [0.717, 1.165) is 0 Å². The quantitative estimate of drug-likeness (QED) is 0.670. The van der Waals surface area contributed by atoms with Crippen molar-refractivity contribution in [3.05, 3.63) is 39.5 Å². The first-order chi connectivity index (χ1) is 8.58. The van der Waals surface area contributed by atoms with E-state index in [1.807, 2.05) is 0 Å². The highest BCUT2D eigenvalue weighted by atomic mass is 35.5.